The quantitative estimate of drug-likeness (QED) is 0.769. The van der Waals surface area contributed by atoms with Crippen molar-refractivity contribution in [1.82, 2.24) is 0 Å². The van der Waals surface area contributed by atoms with Crippen LogP contribution in [0, 0.1) is 0 Å². The average molecular weight is 358 g/mol. The van der Waals surface area contributed by atoms with Crippen LogP contribution in [0.4, 0.5) is 0 Å². The molecule has 3 heteroatoms. The number of hydrogen-bond donors (Lipinski definition) is 0. The van der Waals surface area contributed by atoms with Crippen LogP contribution in [0.5, 0.6) is 0 Å². The maximum absolute atomic E-state index is 2.24. The topological polar surface area (TPSA) is 0 Å². The summed E-state index contributed by atoms with van der Waals surface area (Å²) in [5.41, 5.74) is 0. The van der Waals surface area contributed by atoms with Gasteiger partial charge in [-0.1, -0.05) is 0 Å². The van der Waals surface area contributed by atoms with Crippen LogP contribution in [0.2, 0.25) is 0 Å². The molecule has 2 aromatic rings. The molecule has 0 nitrogen and oxygen atoms in total. The normalized spacial score (nSPS) is 10.5. The first-order chi connectivity index (χ1) is 5.45. The number of rotatable bonds is 2. The first kappa shape index (κ1) is 7.69. The van der Waals surface area contributed by atoms with Gasteiger partial charge in [0.2, 0.25) is 0 Å². The van der Waals surface area contributed by atoms with Gasteiger partial charge in [-0.2, -0.15) is 0 Å². The Balaban J connectivity index is 2.14. The molecule has 11 heavy (non-hydrogen) atoms. The van der Waals surface area contributed by atoms with E-state index in [9.17, 15) is 0 Å². The minimum atomic E-state index is 0.00926. The Morgan fingerprint density at radius 2 is 1.45 bits per heavy atom. The Bertz CT molecular complexity index is 264. The fourth-order valence-corrected chi connectivity index (χ4v) is 6.45. The Morgan fingerprint density at radius 1 is 0.909 bits per heavy atom. The fraction of sp³-hybridized carbons (Fsp3) is 0. The molecule has 0 unspecified atom stereocenters. The van der Waals surface area contributed by atoms with E-state index in [1.807, 2.05) is 22.7 Å². The summed E-state index contributed by atoms with van der Waals surface area (Å²) >= 11 is 3.78. The predicted octanol–water partition coefficient (Wildman–Crippen LogP) is 1.84. The Morgan fingerprint density at radius 3 is 1.82 bits per heavy atom. The molecule has 2 aromatic heterocycles. The summed E-state index contributed by atoms with van der Waals surface area (Å²) in [6.45, 7) is 0. The SMILES string of the molecule is c1cs[c]([Ir][c]2cccs2)c1. The van der Waals surface area contributed by atoms with Gasteiger partial charge >= 0.3 is 82.2 Å². The second kappa shape index (κ2) is 3.63. The second-order valence-corrected chi connectivity index (χ2v) is 8.55. The van der Waals surface area contributed by atoms with Crippen molar-refractivity contribution in [3.05, 3.63) is 35.0 Å². The molecule has 0 fully saturated rings. The van der Waals surface area contributed by atoms with E-state index in [0.29, 0.717) is 0 Å². The van der Waals surface area contributed by atoms with Crippen molar-refractivity contribution in [2.45, 2.75) is 0 Å². The van der Waals surface area contributed by atoms with E-state index in [1.165, 1.54) is 0 Å². The van der Waals surface area contributed by atoms with Gasteiger partial charge in [0.25, 0.3) is 0 Å². The molecule has 0 aliphatic carbocycles. The van der Waals surface area contributed by atoms with Crippen molar-refractivity contribution in [2.24, 2.45) is 0 Å². The van der Waals surface area contributed by atoms with Crippen molar-refractivity contribution in [1.29, 1.82) is 0 Å². The molecule has 0 atom stereocenters. The van der Waals surface area contributed by atoms with Gasteiger partial charge in [-0.05, 0) is 0 Å². The molecule has 0 saturated carbocycles. The summed E-state index contributed by atoms with van der Waals surface area (Å²) in [5, 5.41) is 4.32. The van der Waals surface area contributed by atoms with Gasteiger partial charge in [-0.25, -0.2) is 0 Å². The molecule has 2 heterocycles. The molecule has 0 radical (unpaired) electrons. The van der Waals surface area contributed by atoms with Crippen LogP contribution in [-0.2, 0) is 17.7 Å². The third kappa shape index (κ3) is 2.00. The summed E-state index contributed by atoms with van der Waals surface area (Å²) in [7, 11) is 0. The molecule has 0 N–H and O–H groups in total. The van der Waals surface area contributed by atoms with Crippen molar-refractivity contribution >= 4 is 29.5 Å². The van der Waals surface area contributed by atoms with Crippen LogP contribution in [0.1, 0.15) is 0 Å². The van der Waals surface area contributed by atoms with Crippen molar-refractivity contribution in [3.8, 4) is 0 Å². The van der Waals surface area contributed by atoms with Crippen molar-refractivity contribution in [2.75, 3.05) is 0 Å². The first-order valence-electron chi connectivity index (χ1n) is 3.12. The summed E-state index contributed by atoms with van der Waals surface area (Å²) < 4.78 is 3.15. The van der Waals surface area contributed by atoms with Gasteiger partial charge in [0, 0.05) is 0 Å². The zero-order valence-electron chi connectivity index (χ0n) is 5.61. The third-order valence-corrected chi connectivity index (χ3v) is 7.19. The van der Waals surface area contributed by atoms with Gasteiger partial charge < -0.3 is 0 Å². The van der Waals surface area contributed by atoms with Crippen LogP contribution in [0.3, 0.4) is 0 Å². The molecule has 0 amide bonds. The summed E-state index contributed by atoms with van der Waals surface area (Å²) in [6, 6.07) is 8.75. The van der Waals surface area contributed by atoms with Crippen LogP contribution in [0.15, 0.2) is 35.0 Å². The second-order valence-electron chi connectivity index (χ2n) is 1.87. The maximum atomic E-state index is 2.24. The van der Waals surface area contributed by atoms with E-state index in [1.54, 1.807) is 6.78 Å². The van der Waals surface area contributed by atoms with Crippen molar-refractivity contribution in [3.63, 3.8) is 0 Å². The van der Waals surface area contributed by atoms with Gasteiger partial charge in [0.15, 0.2) is 0 Å². The summed E-state index contributed by atoms with van der Waals surface area (Å²) in [6.07, 6.45) is 0. The Kier molecular flexibility index (Phi) is 2.54. The van der Waals surface area contributed by atoms with Gasteiger partial charge in [-0.3, -0.25) is 0 Å². The first-order valence-corrected chi connectivity index (χ1v) is 7.28. The predicted molar refractivity (Wildman–Crippen MR) is 47.9 cm³/mol. The Hall–Kier alpha value is 0.0494. The zero-order chi connectivity index (χ0) is 7.52. The molecule has 0 saturated heterocycles. The van der Waals surface area contributed by atoms with Gasteiger partial charge in [0.05, 0.1) is 0 Å². The molecule has 0 aliphatic rings. The molecule has 0 bridgehead atoms. The van der Waals surface area contributed by atoms with Crippen LogP contribution < -0.4 is 6.78 Å². The van der Waals surface area contributed by atoms with Crippen molar-refractivity contribution < 1.29 is 17.7 Å². The zero-order valence-corrected chi connectivity index (χ0v) is 9.64. The summed E-state index contributed by atoms with van der Waals surface area (Å²) in [4.78, 5) is 0. The molecule has 2 rings (SSSR count). The van der Waals surface area contributed by atoms with Crippen LogP contribution in [0.25, 0.3) is 0 Å². The molecule has 0 aliphatic heterocycles. The molecule has 0 aromatic carbocycles. The molecule has 0 spiro atoms. The van der Waals surface area contributed by atoms with E-state index < -0.39 is 0 Å². The van der Waals surface area contributed by atoms with Crippen LogP contribution >= 0.6 is 22.7 Å². The molecular formula is C8H6IrS2. The van der Waals surface area contributed by atoms with E-state index in [2.05, 4.69) is 35.0 Å². The monoisotopic (exact) mass is 359 g/mol. The number of thiophene rings is 2. The van der Waals surface area contributed by atoms with E-state index in [-0.39, 0.29) is 17.7 Å². The standard InChI is InChI=1S/2C4H3S.Ir/c2*1-2-4-5-3-1;/h2*1-3H;. The summed E-state index contributed by atoms with van der Waals surface area (Å²) in [5.74, 6) is 0. The Labute approximate surface area is 81.9 Å². The van der Waals surface area contributed by atoms with Gasteiger partial charge in [0.1, 0.15) is 0 Å². The number of hydrogen-bond acceptors (Lipinski definition) is 2. The van der Waals surface area contributed by atoms with E-state index in [0.717, 1.165) is 0 Å². The molecular weight excluding hydrogens is 352 g/mol. The molecule has 59 valence electrons. The van der Waals surface area contributed by atoms with E-state index >= 15 is 0 Å². The van der Waals surface area contributed by atoms with E-state index in [4.69, 9.17) is 0 Å². The third-order valence-electron chi connectivity index (χ3n) is 1.11. The fourth-order valence-electron chi connectivity index (χ4n) is 0.678. The average Bonchev–Trinajstić information content (AvgIpc) is 2.60. The van der Waals surface area contributed by atoms with Crippen LogP contribution in [-0.4, -0.2) is 0 Å². The van der Waals surface area contributed by atoms with Gasteiger partial charge in [-0.15, -0.1) is 0 Å². The minimum absolute atomic E-state index is 0.00926.